The summed E-state index contributed by atoms with van der Waals surface area (Å²) >= 11 is 6.07. The average Bonchev–Trinajstić information content (AvgIpc) is 3.06. The number of hydrogen-bond donors (Lipinski definition) is 1. The smallest absolute Gasteiger partial charge is 0.261 e. The van der Waals surface area contributed by atoms with E-state index in [0.29, 0.717) is 36.1 Å². The fraction of sp³-hybridized carbons (Fsp3) is 0.273. The molecule has 0 aliphatic carbocycles. The van der Waals surface area contributed by atoms with Gasteiger partial charge in [-0.15, -0.1) is 0 Å². The summed E-state index contributed by atoms with van der Waals surface area (Å²) in [5, 5.41) is 5.24. The van der Waals surface area contributed by atoms with Crippen molar-refractivity contribution in [1.29, 1.82) is 0 Å². The number of rotatable bonds is 4. The average molecular weight is 395 g/mol. The molecule has 0 saturated carbocycles. The molecule has 2 N–H and O–H groups in total. The van der Waals surface area contributed by atoms with E-state index in [-0.39, 0.29) is 5.91 Å². The van der Waals surface area contributed by atoms with Gasteiger partial charge in [0.05, 0.1) is 17.8 Å². The van der Waals surface area contributed by atoms with Crippen LogP contribution in [0.4, 0.5) is 5.69 Å². The summed E-state index contributed by atoms with van der Waals surface area (Å²) in [6, 6.07) is 15.7. The minimum atomic E-state index is -0.0160. The first kappa shape index (κ1) is 18.7. The van der Waals surface area contributed by atoms with E-state index in [0.717, 1.165) is 28.9 Å². The van der Waals surface area contributed by atoms with E-state index in [1.54, 1.807) is 4.68 Å². The Kier molecular flexibility index (Phi) is 5.20. The van der Waals surface area contributed by atoms with E-state index in [9.17, 15) is 4.79 Å². The standard InChI is InChI=1S/C22H23ClN4O/c1-15-20(14-26(25-15)13-16-5-4-6-18(23)11-16)22(28)27-10-9-17(12-24)19-7-2-3-8-21(19)27/h2-8,11,14,17H,9-10,12-13,24H2,1H3. The maximum atomic E-state index is 13.3. The lowest BCUT2D eigenvalue weighted by atomic mass is 9.89. The van der Waals surface area contributed by atoms with Crippen LogP contribution in [0.3, 0.4) is 0 Å². The van der Waals surface area contributed by atoms with Crippen LogP contribution in [-0.4, -0.2) is 28.8 Å². The fourth-order valence-corrected chi connectivity index (χ4v) is 4.08. The molecule has 0 spiro atoms. The van der Waals surface area contributed by atoms with Crippen LogP contribution in [0.25, 0.3) is 0 Å². The molecule has 1 aliphatic heterocycles. The summed E-state index contributed by atoms with van der Waals surface area (Å²) in [5.41, 5.74) is 10.4. The molecule has 1 unspecified atom stereocenters. The quantitative estimate of drug-likeness (QED) is 0.727. The Morgan fingerprint density at radius 2 is 2.07 bits per heavy atom. The number of benzene rings is 2. The summed E-state index contributed by atoms with van der Waals surface area (Å²) in [6.45, 7) is 3.70. The van der Waals surface area contributed by atoms with Crippen molar-refractivity contribution in [3.05, 3.63) is 82.1 Å². The topological polar surface area (TPSA) is 64.2 Å². The largest absolute Gasteiger partial charge is 0.330 e. The van der Waals surface area contributed by atoms with Crippen LogP contribution in [0.5, 0.6) is 0 Å². The first-order chi connectivity index (χ1) is 13.6. The van der Waals surface area contributed by atoms with E-state index in [4.69, 9.17) is 17.3 Å². The number of aryl methyl sites for hydroxylation is 1. The summed E-state index contributed by atoms with van der Waals surface area (Å²) in [7, 11) is 0. The third-order valence-corrected chi connectivity index (χ3v) is 5.54. The first-order valence-electron chi connectivity index (χ1n) is 9.46. The van der Waals surface area contributed by atoms with E-state index < -0.39 is 0 Å². The first-order valence-corrected chi connectivity index (χ1v) is 9.84. The minimum absolute atomic E-state index is 0.0160. The molecule has 4 rings (SSSR count). The molecule has 2 heterocycles. The molecular formula is C22H23ClN4O. The van der Waals surface area contributed by atoms with Crippen molar-refractivity contribution in [2.24, 2.45) is 5.73 Å². The van der Waals surface area contributed by atoms with Gasteiger partial charge in [-0.05, 0) is 55.1 Å². The summed E-state index contributed by atoms with van der Waals surface area (Å²) in [5.74, 6) is 0.282. The number of hydrogen-bond acceptors (Lipinski definition) is 3. The fourth-order valence-electron chi connectivity index (χ4n) is 3.87. The van der Waals surface area contributed by atoms with Gasteiger partial charge in [-0.3, -0.25) is 9.48 Å². The summed E-state index contributed by atoms with van der Waals surface area (Å²) in [4.78, 5) is 15.2. The third kappa shape index (κ3) is 3.55. The predicted molar refractivity (Wildman–Crippen MR) is 112 cm³/mol. The summed E-state index contributed by atoms with van der Waals surface area (Å²) < 4.78 is 1.80. The number of nitrogens with zero attached hydrogens (tertiary/aromatic N) is 3. The van der Waals surface area contributed by atoms with E-state index in [1.807, 2.05) is 60.5 Å². The van der Waals surface area contributed by atoms with Gasteiger partial charge in [0.2, 0.25) is 0 Å². The van der Waals surface area contributed by atoms with Crippen molar-refractivity contribution in [2.75, 3.05) is 18.0 Å². The van der Waals surface area contributed by atoms with E-state index in [1.165, 1.54) is 0 Å². The van der Waals surface area contributed by atoms with Gasteiger partial charge in [-0.1, -0.05) is 41.9 Å². The molecule has 1 amide bonds. The number of amides is 1. The van der Waals surface area contributed by atoms with Crippen LogP contribution in [-0.2, 0) is 6.54 Å². The molecule has 28 heavy (non-hydrogen) atoms. The van der Waals surface area contributed by atoms with Crippen LogP contribution in [0.2, 0.25) is 5.02 Å². The molecule has 1 atom stereocenters. The summed E-state index contributed by atoms with van der Waals surface area (Å²) in [6.07, 6.45) is 2.70. The van der Waals surface area contributed by atoms with E-state index in [2.05, 4.69) is 11.2 Å². The molecule has 5 nitrogen and oxygen atoms in total. The molecule has 0 radical (unpaired) electrons. The Balaban J connectivity index is 1.61. The number of carbonyl (C=O) groups is 1. The number of aromatic nitrogens is 2. The number of carbonyl (C=O) groups excluding carboxylic acids is 1. The highest BCUT2D eigenvalue weighted by atomic mass is 35.5. The molecule has 0 saturated heterocycles. The Labute approximate surface area is 169 Å². The lowest BCUT2D eigenvalue weighted by molar-refractivity contribution is 0.0983. The van der Waals surface area contributed by atoms with Crippen LogP contribution in [0.1, 0.15) is 39.5 Å². The van der Waals surface area contributed by atoms with Crippen LogP contribution in [0.15, 0.2) is 54.7 Å². The molecule has 2 aromatic carbocycles. The van der Waals surface area contributed by atoms with Gasteiger partial charge < -0.3 is 10.6 Å². The van der Waals surface area contributed by atoms with E-state index >= 15 is 0 Å². The monoisotopic (exact) mass is 394 g/mol. The van der Waals surface area contributed by atoms with Gasteiger partial charge in [0.15, 0.2) is 0 Å². The van der Waals surface area contributed by atoms with Crippen molar-refractivity contribution in [3.8, 4) is 0 Å². The Morgan fingerprint density at radius 1 is 1.25 bits per heavy atom. The highest BCUT2D eigenvalue weighted by Gasteiger charge is 2.29. The lowest BCUT2D eigenvalue weighted by Gasteiger charge is -2.33. The highest BCUT2D eigenvalue weighted by molar-refractivity contribution is 6.30. The Morgan fingerprint density at radius 3 is 2.86 bits per heavy atom. The highest BCUT2D eigenvalue weighted by Crippen LogP contribution is 2.35. The zero-order valence-electron chi connectivity index (χ0n) is 15.8. The molecule has 1 aliphatic rings. The third-order valence-electron chi connectivity index (χ3n) is 5.31. The van der Waals surface area contributed by atoms with Crippen LogP contribution >= 0.6 is 11.6 Å². The molecule has 0 bridgehead atoms. The molecule has 6 heteroatoms. The maximum absolute atomic E-state index is 13.3. The second-order valence-corrected chi connectivity index (χ2v) is 7.63. The van der Waals surface area contributed by atoms with Crippen LogP contribution in [0, 0.1) is 6.92 Å². The maximum Gasteiger partial charge on any atom is 0.261 e. The van der Waals surface area contributed by atoms with Crippen molar-refractivity contribution < 1.29 is 4.79 Å². The number of anilines is 1. The molecule has 3 aromatic rings. The number of para-hydroxylation sites is 1. The molecular weight excluding hydrogens is 372 g/mol. The molecule has 144 valence electrons. The second-order valence-electron chi connectivity index (χ2n) is 7.19. The van der Waals surface area contributed by atoms with Gasteiger partial charge >= 0.3 is 0 Å². The molecule has 1 aromatic heterocycles. The lowest BCUT2D eigenvalue weighted by Crippen LogP contribution is -2.38. The zero-order chi connectivity index (χ0) is 19.7. The van der Waals surface area contributed by atoms with Gasteiger partial charge in [0.25, 0.3) is 5.91 Å². The van der Waals surface area contributed by atoms with Crippen molar-refractivity contribution in [2.45, 2.75) is 25.8 Å². The predicted octanol–water partition coefficient (Wildman–Crippen LogP) is 3.99. The molecule has 0 fully saturated rings. The van der Waals surface area contributed by atoms with Gasteiger partial charge in [0, 0.05) is 23.5 Å². The van der Waals surface area contributed by atoms with Crippen molar-refractivity contribution in [1.82, 2.24) is 9.78 Å². The second kappa shape index (κ2) is 7.78. The van der Waals surface area contributed by atoms with Crippen LogP contribution < -0.4 is 10.6 Å². The van der Waals surface area contributed by atoms with Gasteiger partial charge in [0.1, 0.15) is 0 Å². The van der Waals surface area contributed by atoms with Gasteiger partial charge in [-0.25, -0.2) is 0 Å². The number of halogens is 1. The minimum Gasteiger partial charge on any atom is -0.330 e. The normalized spacial score (nSPS) is 16.1. The Hall–Kier alpha value is -2.63. The SMILES string of the molecule is Cc1nn(Cc2cccc(Cl)c2)cc1C(=O)N1CCC(CN)c2ccccc21. The van der Waals surface area contributed by atoms with Crippen molar-refractivity contribution >= 4 is 23.2 Å². The van der Waals surface area contributed by atoms with Gasteiger partial charge in [-0.2, -0.15) is 5.10 Å². The number of nitrogens with two attached hydrogens (primary N) is 1. The number of fused-ring (bicyclic) bond motifs is 1. The zero-order valence-corrected chi connectivity index (χ0v) is 16.6. The Bertz CT molecular complexity index is 1010. The van der Waals surface area contributed by atoms with Crippen molar-refractivity contribution in [3.63, 3.8) is 0 Å².